The molecular weight excluding hydrogens is 284 g/mol. The first kappa shape index (κ1) is 14.3. The number of hydrogen-bond acceptors (Lipinski definition) is 3. The highest BCUT2D eigenvalue weighted by atomic mass is 32.1. The lowest BCUT2D eigenvalue weighted by molar-refractivity contribution is -0.139. The van der Waals surface area contributed by atoms with Crippen LogP contribution in [0.3, 0.4) is 0 Å². The van der Waals surface area contributed by atoms with E-state index in [1.807, 2.05) is 29.2 Å². The predicted octanol–water partition coefficient (Wildman–Crippen LogP) is 1.90. The van der Waals surface area contributed by atoms with Crippen LogP contribution < -0.4 is 10.5 Å². The lowest BCUT2D eigenvalue weighted by atomic mass is 9.93. The number of carbonyl (C=O) groups excluding carboxylic acids is 1. The zero-order valence-corrected chi connectivity index (χ0v) is 12.8. The Balaban J connectivity index is 1.75. The molecule has 0 saturated carbocycles. The zero-order chi connectivity index (χ0) is 14.8. The van der Waals surface area contributed by atoms with Crippen LogP contribution in [0, 0.1) is 5.92 Å². The van der Waals surface area contributed by atoms with E-state index < -0.39 is 0 Å². The third-order valence-electron chi connectivity index (χ3n) is 4.34. The molecule has 0 spiro atoms. The maximum atomic E-state index is 12.8. The number of nitrogens with two attached hydrogens (primary N) is 1. The second-order valence-electron chi connectivity index (χ2n) is 5.77. The van der Waals surface area contributed by atoms with Gasteiger partial charge in [-0.1, -0.05) is 30.4 Å². The Kier molecular flexibility index (Phi) is 4.10. The van der Waals surface area contributed by atoms with Crippen molar-refractivity contribution in [1.82, 2.24) is 4.90 Å². The van der Waals surface area contributed by atoms with Crippen LogP contribution in [-0.2, 0) is 11.2 Å². The molecule has 2 unspecified atom stereocenters. The van der Waals surface area contributed by atoms with Crippen LogP contribution in [0.2, 0.25) is 0 Å². The van der Waals surface area contributed by atoms with Gasteiger partial charge in [0.15, 0.2) is 0 Å². The number of nitrogens with zero attached hydrogens (tertiary/aromatic N) is 1. The van der Waals surface area contributed by atoms with E-state index in [-0.39, 0.29) is 17.9 Å². The van der Waals surface area contributed by atoms with Gasteiger partial charge < -0.3 is 15.4 Å². The van der Waals surface area contributed by atoms with Crippen molar-refractivity contribution >= 4 is 23.1 Å². The Morgan fingerprint density at radius 1 is 1.33 bits per heavy atom. The number of para-hydroxylation sites is 1. The van der Waals surface area contributed by atoms with Crippen LogP contribution in [0.4, 0.5) is 0 Å². The molecule has 0 bridgehead atoms. The number of ether oxygens (including phenoxy) is 1. The van der Waals surface area contributed by atoms with Gasteiger partial charge in [0, 0.05) is 6.54 Å². The van der Waals surface area contributed by atoms with Crippen molar-refractivity contribution in [3.8, 4) is 5.75 Å². The molecule has 2 N–H and O–H groups in total. The van der Waals surface area contributed by atoms with Crippen molar-refractivity contribution < 1.29 is 9.53 Å². The highest BCUT2D eigenvalue weighted by Crippen LogP contribution is 2.29. The number of thiocarbonyl (C=S) groups is 1. The maximum absolute atomic E-state index is 12.8. The minimum absolute atomic E-state index is 0.0848. The first-order chi connectivity index (χ1) is 10.2. The van der Waals surface area contributed by atoms with E-state index >= 15 is 0 Å². The quantitative estimate of drug-likeness (QED) is 0.848. The number of hydrogen-bond donors (Lipinski definition) is 1. The standard InChI is InChI=1S/C16H20N2O2S/c17-15(21)13-6-3-4-8-18(13)16(19)12-9-11-5-1-2-7-14(11)20-10-12/h1-2,5,7,12-13H,3-4,6,8-10H2,(H2,17,21). The third kappa shape index (κ3) is 2.88. The Morgan fingerprint density at radius 3 is 2.95 bits per heavy atom. The van der Waals surface area contributed by atoms with E-state index in [0.29, 0.717) is 11.6 Å². The number of fused-ring (bicyclic) bond motifs is 1. The molecule has 0 aromatic heterocycles. The largest absolute Gasteiger partial charge is 0.492 e. The topological polar surface area (TPSA) is 55.6 Å². The van der Waals surface area contributed by atoms with Crippen LogP contribution in [-0.4, -0.2) is 35.0 Å². The van der Waals surface area contributed by atoms with Gasteiger partial charge in [0.2, 0.25) is 5.91 Å². The summed E-state index contributed by atoms with van der Waals surface area (Å²) < 4.78 is 5.73. The summed E-state index contributed by atoms with van der Waals surface area (Å²) in [5.74, 6) is 0.892. The minimum atomic E-state index is -0.130. The maximum Gasteiger partial charge on any atom is 0.230 e. The number of likely N-dealkylation sites (tertiary alicyclic amines) is 1. The molecule has 5 heteroatoms. The molecule has 2 atom stereocenters. The molecular formula is C16H20N2O2S. The molecule has 112 valence electrons. The summed E-state index contributed by atoms with van der Waals surface area (Å²) in [5.41, 5.74) is 6.91. The molecule has 3 rings (SSSR count). The first-order valence-corrected chi connectivity index (χ1v) is 7.88. The van der Waals surface area contributed by atoms with Gasteiger partial charge in [-0.25, -0.2) is 0 Å². The lowest BCUT2D eigenvalue weighted by Crippen LogP contribution is -2.53. The third-order valence-corrected chi connectivity index (χ3v) is 4.61. The van der Waals surface area contributed by atoms with Gasteiger partial charge in [-0.05, 0) is 37.3 Å². The minimum Gasteiger partial charge on any atom is -0.492 e. The lowest BCUT2D eigenvalue weighted by Gasteiger charge is -2.38. The van der Waals surface area contributed by atoms with Crippen molar-refractivity contribution in [3.63, 3.8) is 0 Å². The number of carbonyl (C=O) groups is 1. The molecule has 0 aliphatic carbocycles. The van der Waals surface area contributed by atoms with Crippen LogP contribution in [0.25, 0.3) is 0 Å². The van der Waals surface area contributed by atoms with Gasteiger partial charge in [-0.3, -0.25) is 4.79 Å². The summed E-state index contributed by atoms with van der Waals surface area (Å²) in [7, 11) is 0. The Morgan fingerprint density at radius 2 is 2.14 bits per heavy atom. The van der Waals surface area contributed by atoms with Crippen molar-refractivity contribution in [2.45, 2.75) is 31.7 Å². The average molecular weight is 304 g/mol. The van der Waals surface area contributed by atoms with Crippen molar-refractivity contribution in [2.24, 2.45) is 11.7 Å². The molecule has 1 fully saturated rings. The van der Waals surface area contributed by atoms with Gasteiger partial charge in [-0.15, -0.1) is 0 Å². The fraction of sp³-hybridized carbons (Fsp3) is 0.500. The molecule has 1 amide bonds. The molecule has 2 aliphatic rings. The molecule has 1 aromatic rings. The van der Waals surface area contributed by atoms with E-state index in [1.54, 1.807) is 0 Å². The van der Waals surface area contributed by atoms with E-state index in [1.165, 1.54) is 0 Å². The normalized spacial score (nSPS) is 24.9. The number of amides is 1. The van der Waals surface area contributed by atoms with Gasteiger partial charge in [0.05, 0.1) is 16.9 Å². The highest BCUT2D eigenvalue weighted by Gasteiger charge is 2.35. The van der Waals surface area contributed by atoms with Gasteiger partial charge in [-0.2, -0.15) is 0 Å². The summed E-state index contributed by atoms with van der Waals surface area (Å²) in [6.45, 7) is 1.19. The summed E-state index contributed by atoms with van der Waals surface area (Å²) in [4.78, 5) is 15.1. The second kappa shape index (κ2) is 6.02. The molecule has 1 saturated heterocycles. The summed E-state index contributed by atoms with van der Waals surface area (Å²) in [5, 5.41) is 0. The Hall–Kier alpha value is -1.62. The smallest absolute Gasteiger partial charge is 0.230 e. The molecule has 21 heavy (non-hydrogen) atoms. The Labute approximate surface area is 130 Å². The molecule has 1 aromatic carbocycles. The van der Waals surface area contributed by atoms with Crippen molar-refractivity contribution in [3.05, 3.63) is 29.8 Å². The predicted molar refractivity (Wildman–Crippen MR) is 85.3 cm³/mol. The van der Waals surface area contributed by atoms with Crippen LogP contribution >= 0.6 is 12.2 Å². The van der Waals surface area contributed by atoms with Crippen molar-refractivity contribution in [1.29, 1.82) is 0 Å². The van der Waals surface area contributed by atoms with Crippen LogP contribution in [0.5, 0.6) is 5.75 Å². The molecule has 2 heterocycles. The second-order valence-corrected chi connectivity index (χ2v) is 6.24. The molecule has 0 radical (unpaired) electrons. The number of benzene rings is 1. The fourth-order valence-corrected chi connectivity index (χ4v) is 3.46. The zero-order valence-electron chi connectivity index (χ0n) is 12.0. The summed E-state index contributed by atoms with van der Waals surface area (Å²) in [6.07, 6.45) is 3.71. The first-order valence-electron chi connectivity index (χ1n) is 7.47. The fourth-order valence-electron chi connectivity index (χ4n) is 3.21. The SMILES string of the molecule is NC(=S)C1CCCCN1C(=O)C1COc2ccccc2C1. The molecule has 4 nitrogen and oxygen atoms in total. The van der Waals surface area contributed by atoms with E-state index in [9.17, 15) is 4.79 Å². The monoisotopic (exact) mass is 304 g/mol. The van der Waals surface area contributed by atoms with Gasteiger partial charge >= 0.3 is 0 Å². The van der Waals surface area contributed by atoms with Crippen molar-refractivity contribution in [2.75, 3.05) is 13.2 Å². The van der Waals surface area contributed by atoms with Crippen LogP contribution in [0.15, 0.2) is 24.3 Å². The summed E-state index contributed by atoms with van der Waals surface area (Å²) >= 11 is 5.13. The summed E-state index contributed by atoms with van der Waals surface area (Å²) in [6, 6.07) is 7.82. The van der Waals surface area contributed by atoms with E-state index in [4.69, 9.17) is 22.7 Å². The van der Waals surface area contributed by atoms with E-state index in [0.717, 1.165) is 43.5 Å². The molecule has 2 aliphatic heterocycles. The van der Waals surface area contributed by atoms with Gasteiger partial charge in [0.1, 0.15) is 12.4 Å². The Bertz CT molecular complexity index is 561. The highest BCUT2D eigenvalue weighted by molar-refractivity contribution is 7.80. The number of rotatable bonds is 2. The average Bonchev–Trinajstić information content (AvgIpc) is 2.53. The van der Waals surface area contributed by atoms with E-state index in [2.05, 4.69) is 0 Å². The van der Waals surface area contributed by atoms with Gasteiger partial charge in [0.25, 0.3) is 0 Å². The number of piperidine rings is 1. The van der Waals surface area contributed by atoms with Crippen LogP contribution in [0.1, 0.15) is 24.8 Å².